The molecule has 0 heterocycles. The number of anilines is 2. The molecule has 0 amide bonds. The molecule has 0 fully saturated rings. The molecule has 0 aliphatic carbocycles. The van der Waals surface area contributed by atoms with Crippen molar-refractivity contribution in [1.82, 2.24) is 0 Å². The second-order valence-electron chi connectivity index (χ2n) is 8.21. The Bertz CT molecular complexity index is 1250. The Morgan fingerprint density at radius 2 is 1.49 bits per heavy atom. The molecule has 5 N–H and O–H groups in total. The average Bonchev–Trinajstić information content (AvgIpc) is 2.81. The Hall–Kier alpha value is -4.47. The van der Waals surface area contributed by atoms with E-state index in [0.717, 1.165) is 0 Å². The summed E-state index contributed by atoms with van der Waals surface area (Å²) in [6.45, 7) is -0.0961. The van der Waals surface area contributed by atoms with Gasteiger partial charge in [-0.2, -0.15) is 13.2 Å². The normalized spacial score (nSPS) is 11.7. The maximum atomic E-state index is 12.4. The number of hydrogen-bond acceptors (Lipinski definition) is 6. The van der Waals surface area contributed by atoms with Gasteiger partial charge < -0.3 is 26.0 Å². The molecule has 194 valence electrons. The molecule has 0 bridgehead atoms. The number of hydrogen-bond donors (Lipinski definition) is 3. The Balaban J connectivity index is 1.59. The molecule has 0 unspecified atom stereocenters. The number of nitrogens with two attached hydrogens (primary N) is 2. The minimum Gasteiger partial charge on any atom is -0.494 e. The fourth-order valence-corrected chi connectivity index (χ4v) is 3.41. The standard InChI is InChI=1S/C27H25F3N2O5/c28-27(29,30)10-1-11-36-23-8-4-19(5-9-23)26(35)37-24-6-2-17(3-7-24)12-20(25(33)34)13-18-14-21(31)16-22(32)15-18/h2-9,12,14-16H,1,10-11,13,31-32H2,(H,33,34)/b20-12+. The lowest BCUT2D eigenvalue weighted by Crippen LogP contribution is -2.10. The molecular weight excluding hydrogens is 489 g/mol. The van der Waals surface area contributed by atoms with E-state index < -0.39 is 24.5 Å². The average molecular weight is 515 g/mol. The van der Waals surface area contributed by atoms with Crippen LogP contribution >= 0.6 is 0 Å². The van der Waals surface area contributed by atoms with Gasteiger partial charge in [-0.1, -0.05) is 12.1 Å². The molecule has 37 heavy (non-hydrogen) atoms. The van der Waals surface area contributed by atoms with Crippen molar-refractivity contribution in [3.05, 3.63) is 89.0 Å². The van der Waals surface area contributed by atoms with Gasteiger partial charge in [-0.15, -0.1) is 0 Å². The number of esters is 1. The first kappa shape index (κ1) is 27.1. The first-order valence-electron chi connectivity index (χ1n) is 11.2. The largest absolute Gasteiger partial charge is 0.494 e. The highest BCUT2D eigenvalue weighted by Crippen LogP contribution is 2.23. The van der Waals surface area contributed by atoms with Gasteiger partial charge in [0, 0.05) is 29.8 Å². The lowest BCUT2D eigenvalue weighted by molar-refractivity contribution is -0.136. The van der Waals surface area contributed by atoms with Crippen molar-refractivity contribution >= 4 is 29.4 Å². The third-order valence-electron chi connectivity index (χ3n) is 5.10. The maximum Gasteiger partial charge on any atom is 0.389 e. The van der Waals surface area contributed by atoms with E-state index in [1.54, 1.807) is 30.3 Å². The zero-order chi connectivity index (χ0) is 27.0. The Morgan fingerprint density at radius 3 is 2.05 bits per heavy atom. The van der Waals surface area contributed by atoms with E-state index in [9.17, 15) is 27.9 Å². The van der Waals surface area contributed by atoms with Crippen molar-refractivity contribution in [2.45, 2.75) is 25.4 Å². The van der Waals surface area contributed by atoms with Crippen molar-refractivity contribution in [1.29, 1.82) is 0 Å². The molecule has 0 aliphatic rings. The van der Waals surface area contributed by atoms with Crippen LogP contribution in [-0.2, 0) is 11.2 Å². The number of carbonyl (C=O) groups is 2. The van der Waals surface area contributed by atoms with E-state index in [2.05, 4.69) is 0 Å². The van der Waals surface area contributed by atoms with Gasteiger partial charge in [0.2, 0.25) is 0 Å². The van der Waals surface area contributed by atoms with Crippen LogP contribution in [0.1, 0.15) is 34.3 Å². The highest BCUT2D eigenvalue weighted by atomic mass is 19.4. The number of halogens is 3. The molecule has 0 aliphatic heterocycles. The predicted octanol–water partition coefficient (Wildman–Crippen LogP) is 5.50. The fraction of sp³-hybridized carbons (Fsp3) is 0.185. The summed E-state index contributed by atoms with van der Waals surface area (Å²) in [5, 5.41) is 9.59. The molecule has 0 radical (unpaired) electrons. The highest BCUT2D eigenvalue weighted by molar-refractivity contribution is 5.93. The van der Waals surface area contributed by atoms with Crippen LogP contribution in [0.2, 0.25) is 0 Å². The van der Waals surface area contributed by atoms with Crippen molar-refractivity contribution in [3.63, 3.8) is 0 Å². The molecule has 3 aromatic rings. The SMILES string of the molecule is Nc1cc(N)cc(C/C(=C\c2ccc(OC(=O)c3ccc(OCCCC(F)(F)F)cc3)cc2)C(=O)O)c1. The molecule has 3 rings (SSSR count). The summed E-state index contributed by atoms with van der Waals surface area (Å²) >= 11 is 0. The van der Waals surface area contributed by atoms with Gasteiger partial charge in [0.15, 0.2) is 0 Å². The molecule has 7 nitrogen and oxygen atoms in total. The predicted molar refractivity (Wildman–Crippen MR) is 133 cm³/mol. The monoisotopic (exact) mass is 514 g/mol. The molecule has 10 heteroatoms. The van der Waals surface area contributed by atoms with E-state index in [-0.39, 0.29) is 36.3 Å². The third-order valence-corrected chi connectivity index (χ3v) is 5.10. The minimum atomic E-state index is -4.23. The molecule has 0 aromatic heterocycles. The van der Waals surface area contributed by atoms with E-state index in [4.69, 9.17) is 20.9 Å². The van der Waals surface area contributed by atoms with Crippen LogP contribution in [-0.4, -0.2) is 29.8 Å². The summed E-state index contributed by atoms with van der Waals surface area (Å²) in [6.07, 6.45) is -3.71. The molecule has 3 aromatic carbocycles. The first-order valence-corrected chi connectivity index (χ1v) is 11.2. The third kappa shape index (κ3) is 8.92. The minimum absolute atomic E-state index is 0.0961. The second kappa shape index (κ2) is 12.0. The van der Waals surface area contributed by atoms with Gasteiger partial charge in [-0.3, -0.25) is 0 Å². The Kier molecular flexibility index (Phi) is 8.78. The van der Waals surface area contributed by atoms with Crippen molar-refractivity contribution < 1.29 is 37.3 Å². The summed E-state index contributed by atoms with van der Waals surface area (Å²) in [5.41, 5.74) is 14.0. The summed E-state index contributed by atoms with van der Waals surface area (Å²) in [6, 6.07) is 17.0. The van der Waals surface area contributed by atoms with Crippen LogP contribution in [0.25, 0.3) is 6.08 Å². The second-order valence-corrected chi connectivity index (χ2v) is 8.21. The van der Waals surface area contributed by atoms with Gasteiger partial charge >= 0.3 is 18.1 Å². The van der Waals surface area contributed by atoms with Crippen LogP contribution in [0, 0.1) is 0 Å². The molecular formula is C27H25F3N2O5. The number of rotatable bonds is 10. The number of aliphatic carboxylic acids is 1. The lowest BCUT2D eigenvalue weighted by atomic mass is 10.0. The van der Waals surface area contributed by atoms with Gasteiger partial charge in [0.1, 0.15) is 11.5 Å². The van der Waals surface area contributed by atoms with Gasteiger partial charge in [-0.25, -0.2) is 9.59 Å². The number of alkyl halides is 3. The highest BCUT2D eigenvalue weighted by Gasteiger charge is 2.26. The number of carbonyl (C=O) groups excluding carboxylic acids is 1. The van der Waals surface area contributed by atoms with Crippen molar-refractivity contribution in [2.75, 3.05) is 18.1 Å². The van der Waals surface area contributed by atoms with Crippen molar-refractivity contribution in [3.8, 4) is 11.5 Å². The lowest BCUT2D eigenvalue weighted by Gasteiger charge is -2.09. The van der Waals surface area contributed by atoms with Crippen LogP contribution in [0.3, 0.4) is 0 Å². The van der Waals surface area contributed by atoms with E-state index >= 15 is 0 Å². The summed E-state index contributed by atoms with van der Waals surface area (Å²) in [4.78, 5) is 24.1. The molecule has 0 spiro atoms. The Labute approximate surface area is 211 Å². The summed E-state index contributed by atoms with van der Waals surface area (Å²) in [5.74, 6) is -1.15. The topological polar surface area (TPSA) is 125 Å². The van der Waals surface area contributed by atoms with E-state index in [0.29, 0.717) is 28.3 Å². The molecule has 0 saturated heterocycles. The van der Waals surface area contributed by atoms with Crippen LogP contribution in [0.4, 0.5) is 24.5 Å². The first-order chi connectivity index (χ1) is 17.5. The number of carboxylic acids is 1. The number of nitrogen functional groups attached to an aromatic ring is 2. The van der Waals surface area contributed by atoms with Gasteiger partial charge in [0.25, 0.3) is 0 Å². The molecule has 0 atom stereocenters. The Morgan fingerprint density at radius 1 is 0.892 bits per heavy atom. The molecule has 0 saturated carbocycles. The van der Waals surface area contributed by atoms with Crippen molar-refractivity contribution in [2.24, 2.45) is 0 Å². The van der Waals surface area contributed by atoms with Gasteiger partial charge in [-0.05, 0) is 78.2 Å². The zero-order valence-electron chi connectivity index (χ0n) is 19.6. The number of carboxylic acid groups (broad SMARTS) is 1. The van der Waals surface area contributed by atoms with Crippen LogP contribution in [0.15, 0.2) is 72.3 Å². The van der Waals surface area contributed by atoms with Crippen LogP contribution in [0.5, 0.6) is 11.5 Å². The van der Waals surface area contributed by atoms with E-state index in [1.807, 2.05) is 0 Å². The number of benzene rings is 3. The summed E-state index contributed by atoms with van der Waals surface area (Å²) < 4.78 is 47.1. The van der Waals surface area contributed by atoms with Crippen LogP contribution < -0.4 is 20.9 Å². The smallest absolute Gasteiger partial charge is 0.389 e. The number of ether oxygens (including phenoxy) is 2. The fourth-order valence-electron chi connectivity index (χ4n) is 3.41. The quantitative estimate of drug-likeness (QED) is 0.107. The maximum absolute atomic E-state index is 12.4. The van der Waals surface area contributed by atoms with Gasteiger partial charge in [0.05, 0.1) is 12.2 Å². The summed E-state index contributed by atoms with van der Waals surface area (Å²) in [7, 11) is 0. The zero-order valence-corrected chi connectivity index (χ0v) is 19.6. The van der Waals surface area contributed by atoms with E-state index in [1.165, 1.54) is 42.5 Å².